The molecule has 5 heteroatoms. The molecule has 2 atom stereocenters. The summed E-state index contributed by atoms with van der Waals surface area (Å²) in [6, 6.07) is 13.4. The number of rotatable bonds is 3. The molecule has 0 fully saturated rings. The number of nitrogen functional groups attached to an aromatic ring is 1. The molecule has 0 amide bonds. The molecule has 4 nitrogen and oxygen atoms in total. The van der Waals surface area contributed by atoms with E-state index in [1.54, 1.807) is 0 Å². The van der Waals surface area contributed by atoms with Crippen molar-refractivity contribution >= 4 is 35.0 Å². The van der Waals surface area contributed by atoms with Gasteiger partial charge in [0.15, 0.2) is 6.29 Å². The molecule has 0 spiro atoms. The molecule has 0 saturated carbocycles. The standard InChI is InChI=1S/C18H18ClN3O/c1-11-3-8-17(15(19)9-11)22-18(12(2)16(10-23)21-22)13-4-6-14(20)7-5-13/h3-10,12,18H,20H2,1-2H3. The molecule has 118 valence electrons. The van der Waals surface area contributed by atoms with Crippen molar-refractivity contribution in [2.24, 2.45) is 11.0 Å². The van der Waals surface area contributed by atoms with Gasteiger partial charge in [-0.25, -0.2) is 0 Å². The number of benzene rings is 2. The maximum Gasteiger partial charge on any atom is 0.166 e. The van der Waals surface area contributed by atoms with E-state index in [9.17, 15) is 4.79 Å². The minimum Gasteiger partial charge on any atom is -0.399 e. The van der Waals surface area contributed by atoms with E-state index in [-0.39, 0.29) is 12.0 Å². The van der Waals surface area contributed by atoms with Crippen LogP contribution in [0.1, 0.15) is 24.1 Å². The van der Waals surface area contributed by atoms with Crippen molar-refractivity contribution < 1.29 is 4.79 Å². The zero-order valence-corrected chi connectivity index (χ0v) is 13.8. The summed E-state index contributed by atoms with van der Waals surface area (Å²) in [5.74, 6) is -0.0338. The molecule has 2 aromatic rings. The van der Waals surface area contributed by atoms with Gasteiger partial charge in [0.2, 0.25) is 0 Å². The lowest BCUT2D eigenvalue weighted by molar-refractivity contribution is -0.102. The number of hydrogen-bond acceptors (Lipinski definition) is 4. The summed E-state index contributed by atoms with van der Waals surface area (Å²) in [6.45, 7) is 3.98. The summed E-state index contributed by atoms with van der Waals surface area (Å²) in [6.07, 6.45) is 0.817. The van der Waals surface area contributed by atoms with Gasteiger partial charge in [-0.2, -0.15) is 5.10 Å². The highest BCUT2D eigenvalue weighted by molar-refractivity contribution is 6.34. The van der Waals surface area contributed by atoms with Crippen LogP contribution in [0.5, 0.6) is 0 Å². The van der Waals surface area contributed by atoms with Gasteiger partial charge in [0.25, 0.3) is 0 Å². The van der Waals surface area contributed by atoms with Crippen LogP contribution in [-0.2, 0) is 4.79 Å². The molecule has 0 radical (unpaired) electrons. The fourth-order valence-corrected chi connectivity index (χ4v) is 3.23. The molecular weight excluding hydrogens is 310 g/mol. The van der Waals surface area contributed by atoms with Gasteiger partial charge >= 0.3 is 0 Å². The van der Waals surface area contributed by atoms with Gasteiger partial charge in [-0.15, -0.1) is 0 Å². The van der Waals surface area contributed by atoms with Crippen LogP contribution in [0.25, 0.3) is 0 Å². The Kier molecular flexibility index (Phi) is 4.09. The van der Waals surface area contributed by atoms with E-state index in [0.29, 0.717) is 16.4 Å². The predicted octanol–water partition coefficient (Wildman–Crippen LogP) is 3.98. The molecule has 3 rings (SSSR count). The van der Waals surface area contributed by atoms with Gasteiger partial charge in [0, 0.05) is 11.6 Å². The summed E-state index contributed by atoms with van der Waals surface area (Å²) in [7, 11) is 0. The normalized spacial score (nSPS) is 20.5. The molecule has 0 bridgehead atoms. The van der Waals surface area contributed by atoms with E-state index < -0.39 is 0 Å². The van der Waals surface area contributed by atoms with Crippen LogP contribution < -0.4 is 10.7 Å². The highest BCUT2D eigenvalue weighted by Crippen LogP contribution is 2.41. The number of hydrazone groups is 1. The Morgan fingerprint density at radius 2 is 1.91 bits per heavy atom. The zero-order valence-electron chi connectivity index (χ0n) is 13.0. The van der Waals surface area contributed by atoms with Gasteiger partial charge < -0.3 is 5.73 Å². The first-order chi connectivity index (χ1) is 11.0. The van der Waals surface area contributed by atoms with Crippen molar-refractivity contribution in [3.05, 3.63) is 58.6 Å². The monoisotopic (exact) mass is 327 g/mol. The number of nitrogens with two attached hydrogens (primary N) is 1. The van der Waals surface area contributed by atoms with Gasteiger partial charge in [-0.05, 0) is 42.3 Å². The van der Waals surface area contributed by atoms with Crippen LogP contribution >= 0.6 is 11.6 Å². The van der Waals surface area contributed by atoms with E-state index in [1.165, 1.54) is 0 Å². The average Bonchev–Trinajstić information content (AvgIpc) is 2.85. The van der Waals surface area contributed by atoms with Gasteiger partial charge in [-0.1, -0.05) is 36.7 Å². The second kappa shape index (κ2) is 6.05. The van der Waals surface area contributed by atoms with E-state index in [0.717, 1.165) is 23.1 Å². The Bertz CT molecular complexity index is 770. The number of aldehydes is 1. The van der Waals surface area contributed by atoms with Crippen molar-refractivity contribution in [2.45, 2.75) is 19.9 Å². The smallest absolute Gasteiger partial charge is 0.166 e. The quantitative estimate of drug-likeness (QED) is 0.685. The molecule has 23 heavy (non-hydrogen) atoms. The molecule has 0 aliphatic carbocycles. The van der Waals surface area contributed by atoms with Crippen molar-refractivity contribution in [1.82, 2.24) is 0 Å². The van der Waals surface area contributed by atoms with Crippen molar-refractivity contribution in [1.29, 1.82) is 0 Å². The van der Waals surface area contributed by atoms with Crippen molar-refractivity contribution in [3.8, 4) is 0 Å². The first-order valence-electron chi connectivity index (χ1n) is 7.45. The number of hydrogen-bond donors (Lipinski definition) is 1. The largest absolute Gasteiger partial charge is 0.399 e. The fourth-order valence-electron chi connectivity index (χ4n) is 2.91. The van der Waals surface area contributed by atoms with Gasteiger partial charge in [0.05, 0.1) is 16.8 Å². The number of anilines is 2. The maximum absolute atomic E-state index is 11.4. The Balaban J connectivity index is 2.08. The van der Waals surface area contributed by atoms with E-state index in [4.69, 9.17) is 17.3 Å². The second-order valence-corrected chi connectivity index (χ2v) is 6.25. The van der Waals surface area contributed by atoms with E-state index in [1.807, 2.05) is 61.3 Å². The number of carbonyl (C=O) groups is 1. The molecule has 1 aliphatic heterocycles. The van der Waals surface area contributed by atoms with Gasteiger partial charge in [0.1, 0.15) is 5.71 Å². The summed E-state index contributed by atoms with van der Waals surface area (Å²) < 4.78 is 0. The number of aryl methyl sites for hydroxylation is 1. The topological polar surface area (TPSA) is 58.7 Å². The Morgan fingerprint density at radius 3 is 2.52 bits per heavy atom. The lowest BCUT2D eigenvalue weighted by Crippen LogP contribution is -2.24. The highest BCUT2D eigenvalue weighted by atomic mass is 35.5. The molecule has 1 heterocycles. The summed E-state index contributed by atoms with van der Waals surface area (Å²) in [5, 5.41) is 6.95. The van der Waals surface area contributed by atoms with Crippen LogP contribution in [0.4, 0.5) is 11.4 Å². The Hall–Kier alpha value is -2.33. The number of nitrogens with zero attached hydrogens (tertiary/aromatic N) is 2. The van der Waals surface area contributed by atoms with Gasteiger partial charge in [-0.3, -0.25) is 9.80 Å². The Labute approximate surface area is 140 Å². The molecule has 1 aliphatic rings. The molecule has 2 aromatic carbocycles. The lowest BCUT2D eigenvalue weighted by atomic mass is 9.91. The SMILES string of the molecule is Cc1ccc(N2N=C(C=O)C(C)C2c2ccc(N)cc2)c(Cl)c1. The lowest BCUT2D eigenvalue weighted by Gasteiger charge is -2.27. The molecule has 0 saturated heterocycles. The third kappa shape index (κ3) is 2.82. The van der Waals surface area contributed by atoms with E-state index in [2.05, 4.69) is 5.10 Å². The summed E-state index contributed by atoms with van der Waals surface area (Å²) in [4.78, 5) is 11.4. The average molecular weight is 328 g/mol. The fraction of sp³-hybridized carbons (Fsp3) is 0.222. The third-order valence-corrected chi connectivity index (χ3v) is 4.48. The number of carbonyl (C=O) groups excluding carboxylic acids is 1. The van der Waals surface area contributed by atoms with Crippen LogP contribution in [-0.4, -0.2) is 12.0 Å². The molecular formula is C18H18ClN3O. The molecule has 2 unspecified atom stereocenters. The number of halogens is 1. The van der Waals surface area contributed by atoms with E-state index >= 15 is 0 Å². The maximum atomic E-state index is 11.4. The molecule has 0 aromatic heterocycles. The van der Waals surface area contributed by atoms with Crippen molar-refractivity contribution in [2.75, 3.05) is 10.7 Å². The first kappa shape index (κ1) is 15.6. The predicted molar refractivity (Wildman–Crippen MR) is 94.9 cm³/mol. The zero-order chi connectivity index (χ0) is 16.6. The minimum absolute atomic E-state index is 0.0338. The van der Waals surface area contributed by atoms with Crippen LogP contribution in [0.2, 0.25) is 5.02 Å². The van der Waals surface area contributed by atoms with Crippen LogP contribution in [0.15, 0.2) is 47.6 Å². The van der Waals surface area contributed by atoms with Crippen molar-refractivity contribution in [3.63, 3.8) is 0 Å². The van der Waals surface area contributed by atoms with Crippen LogP contribution in [0.3, 0.4) is 0 Å². The second-order valence-electron chi connectivity index (χ2n) is 5.84. The third-order valence-electron chi connectivity index (χ3n) is 4.18. The summed E-state index contributed by atoms with van der Waals surface area (Å²) in [5.41, 5.74) is 9.92. The minimum atomic E-state index is -0.0870. The molecule has 2 N–H and O–H groups in total. The highest BCUT2D eigenvalue weighted by Gasteiger charge is 2.36. The summed E-state index contributed by atoms with van der Waals surface area (Å²) >= 11 is 6.41. The van der Waals surface area contributed by atoms with Crippen LogP contribution in [0, 0.1) is 12.8 Å². The Morgan fingerprint density at radius 1 is 1.22 bits per heavy atom. The first-order valence-corrected chi connectivity index (χ1v) is 7.83.